The van der Waals surface area contributed by atoms with Gasteiger partial charge in [-0.25, -0.2) is 9.18 Å². The van der Waals surface area contributed by atoms with Crippen molar-refractivity contribution in [3.05, 3.63) is 35.6 Å². The van der Waals surface area contributed by atoms with E-state index in [0.29, 0.717) is 19.7 Å². The van der Waals surface area contributed by atoms with Crippen LogP contribution in [-0.4, -0.2) is 42.6 Å². The summed E-state index contributed by atoms with van der Waals surface area (Å²) in [5.41, 5.74) is 0.0642. The molecule has 1 aliphatic rings. The number of halogens is 1. The summed E-state index contributed by atoms with van der Waals surface area (Å²) in [5, 5.41) is 2.72. The molecule has 1 fully saturated rings. The van der Waals surface area contributed by atoms with Crippen molar-refractivity contribution in [2.45, 2.75) is 25.8 Å². The number of rotatable bonds is 3. The Labute approximate surface area is 123 Å². The number of piperidine rings is 1. The first kappa shape index (κ1) is 15.3. The molecule has 0 saturated carbocycles. The number of nitrogens with zero attached hydrogens (tertiary/aromatic N) is 1. The van der Waals surface area contributed by atoms with Gasteiger partial charge in [0.15, 0.2) is 0 Å². The van der Waals surface area contributed by atoms with Crippen molar-refractivity contribution in [3.63, 3.8) is 0 Å². The molecule has 21 heavy (non-hydrogen) atoms. The molecule has 1 atom stereocenters. The molecule has 0 unspecified atom stereocenters. The summed E-state index contributed by atoms with van der Waals surface area (Å²) in [5.74, 6) is -0.869. The highest BCUT2D eigenvalue weighted by molar-refractivity contribution is 5.94. The lowest BCUT2D eigenvalue weighted by Crippen LogP contribution is -2.49. The van der Waals surface area contributed by atoms with Crippen molar-refractivity contribution in [1.29, 1.82) is 0 Å². The third-order valence-corrected chi connectivity index (χ3v) is 3.41. The van der Waals surface area contributed by atoms with Gasteiger partial charge in [-0.05, 0) is 31.9 Å². The second kappa shape index (κ2) is 7.06. The molecule has 2 amide bonds. The van der Waals surface area contributed by atoms with Gasteiger partial charge >= 0.3 is 6.09 Å². The van der Waals surface area contributed by atoms with Crippen LogP contribution in [0, 0.1) is 5.82 Å². The van der Waals surface area contributed by atoms with Gasteiger partial charge in [0.1, 0.15) is 5.82 Å². The van der Waals surface area contributed by atoms with Crippen LogP contribution in [0.1, 0.15) is 30.1 Å². The summed E-state index contributed by atoms with van der Waals surface area (Å²) >= 11 is 0. The normalized spacial score (nSPS) is 18.2. The number of hydrogen-bond donors (Lipinski definition) is 1. The topological polar surface area (TPSA) is 58.6 Å². The SMILES string of the molecule is CCOC(=O)N[C@H]1CCCN(C(=O)c2ccccc2F)C1. The van der Waals surface area contributed by atoms with Crippen molar-refractivity contribution >= 4 is 12.0 Å². The average molecular weight is 294 g/mol. The zero-order chi connectivity index (χ0) is 15.2. The average Bonchev–Trinajstić information content (AvgIpc) is 2.47. The molecule has 1 aromatic carbocycles. The van der Waals surface area contributed by atoms with Gasteiger partial charge in [-0.3, -0.25) is 4.79 Å². The van der Waals surface area contributed by atoms with E-state index in [2.05, 4.69) is 5.32 Å². The summed E-state index contributed by atoms with van der Waals surface area (Å²) in [6.07, 6.45) is 1.06. The quantitative estimate of drug-likeness (QED) is 0.929. The Balaban J connectivity index is 1.99. The van der Waals surface area contributed by atoms with E-state index in [-0.39, 0.29) is 17.5 Å². The smallest absolute Gasteiger partial charge is 0.407 e. The molecule has 0 bridgehead atoms. The lowest BCUT2D eigenvalue weighted by Gasteiger charge is -2.33. The zero-order valence-corrected chi connectivity index (χ0v) is 12.0. The lowest BCUT2D eigenvalue weighted by atomic mass is 10.0. The molecule has 0 aromatic heterocycles. The van der Waals surface area contributed by atoms with Gasteiger partial charge in [0.25, 0.3) is 5.91 Å². The van der Waals surface area contributed by atoms with Crippen molar-refractivity contribution < 1.29 is 18.7 Å². The number of carbonyl (C=O) groups excluding carboxylic acids is 2. The Hall–Kier alpha value is -2.11. The van der Waals surface area contributed by atoms with E-state index >= 15 is 0 Å². The van der Waals surface area contributed by atoms with Gasteiger partial charge in [-0.15, -0.1) is 0 Å². The van der Waals surface area contributed by atoms with Crippen LogP contribution in [0.2, 0.25) is 0 Å². The summed E-state index contributed by atoms with van der Waals surface area (Å²) in [7, 11) is 0. The fourth-order valence-corrected chi connectivity index (χ4v) is 2.42. The maximum Gasteiger partial charge on any atom is 0.407 e. The van der Waals surface area contributed by atoms with Crippen molar-refractivity contribution in [1.82, 2.24) is 10.2 Å². The highest BCUT2D eigenvalue weighted by Gasteiger charge is 2.26. The molecule has 0 radical (unpaired) electrons. The van der Waals surface area contributed by atoms with Crippen LogP contribution >= 0.6 is 0 Å². The fourth-order valence-electron chi connectivity index (χ4n) is 2.42. The second-order valence-corrected chi connectivity index (χ2v) is 4.93. The first-order valence-electron chi connectivity index (χ1n) is 7.09. The summed E-state index contributed by atoms with van der Waals surface area (Å²) in [6.45, 7) is 2.96. The van der Waals surface area contributed by atoms with Crippen LogP contribution < -0.4 is 5.32 Å². The summed E-state index contributed by atoms with van der Waals surface area (Å²) in [4.78, 5) is 25.3. The van der Waals surface area contributed by atoms with Gasteiger partial charge in [0.2, 0.25) is 0 Å². The monoisotopic (exact) mass is 294 g/mol. The molecule has 114 valence electrons. The number of nitrogens with one attached hydrogen (secondary N) is 1. The Morgan fingerprint density at radius 2 is 2.19 bits per heavy atom. The maximum absolute atomic E-state index is 13.7. The maximum atomic E-state index is 13.7. The van der Waals surface area contributed by atoms with Gasteiger partial charge in [0, 0.05) is 19.1 Å². The van der Waals surface area contributed by atoms with Crippen LogP contribution in [0.5, 0.6) is 0 Å². The van der Waals surface area contributed by atoms with Gasteiger partial charge < -0.3 is 15.0 Å². The zero-order valence-electron chi connectivity index (χ0n) is 12.0. The predicted molar refractivity (Wildman–Crippen MR) is 75.5 cm³/mol. The minimum Gasteiger partial charge on any atom is -0.450 e. The van der Waals surface area contributed by atoms with E-state index in [1.807, 2.05) is 0 Å². The second-order valence-electron chi connectivity index (χ2n) is 4.93. The number of benzene rings is 1. The molecule has 1 N–H and O–H groups in total. The predicted octanol–water partition coefficient (Wildman–Crippen LogP) is 2.18. The van der Waals surface area contributed by atoms with E-state index in [1.165, 1.54) is 12.1 Å². The van der Waals surface area contributed by atoms with E-state index < -0.39 is 11.9 Å². The van der Waals surface area contributed by atoms with Gasteiger partial charge in [0.05, 0.1) is 12.2 Å². The lowest BCUT2D eigenvalue weighted by molar-refractivity contribution is 0.0681. The Morgan fingerprint density at radius 1 is 1.43 bits per heavy atom. The van der Waals surface area contributed by atoms with Crippen molar-refractivity contribution in [2.24, 2.45) is 0 Å². The van der Waals surface area contributed by atoms with E-state index in [0.717, 1.165) is 12.8 Å². The summed E-state index contributed by atoms with van der Waals surface area (Å²) < 4.78 is 18.5. The number of carbonyl (C=O) groups is 2. The van der Waals surface area contributed by atoms with Crippen molar-refractivity contribution in [3.8, 4) is 0 Å². The number of alkyl carbamates (subject to hydrolysis) is 1. The van der Waals surface area contributed by atoms with Crippen LogP contribution in [0.25, 0.3) is 0 Å². The Bertz CT molecular complexity index is 521. The Kier molecular flexibility index (Phi) is 5.14. The molecule has 6 heteroatoms. The van der Waals surface area contributed by atoms with Crippen LogP contribution in [0.15, 0.2) is 24.3 Å². The minimum absolute atomic E-state index is 0.0642. The molecule has 5 nitrogen and oxygen atoms in total. The minimum atomic E-state index is -0.525. The molecule has 1 saturated heterocycles. The number of likely N-dealkylation sites (tertiary alicyclic amines) is 1. The van der Waals surface area contributed by atoms with Gasteiger partial charge in [-0.2, -0.15) is 0 Å². The molecule has 2 rings (SSSR count). The molecular formula is C15H19FN2O3. The summed E-state index contributed by atoms with van der Waals surface area (Å²) in [6, 6.07) is 5.77. The highest BCUT2D eigenvalue weighted by atomic mass is 19.1. The molecule has 0 spiro atoms. The number of ether oxygens (including phenoxy) is 1. The third-order valence-electron chi connectivity index (χ3n) is 3.41. The van der Waals surface area contributed by atoms with Crippen LogP contribution in [0.4, 0.5) is 9.18 Å². The van der Waals surface area contributed by atoms with Crippen molar-refractivity contribution in [2.75, 3.05) is 19.7 Å². The highest BCUT2D eigenvalue weighted by Crippen LogP contribution is 2.16. The van der Waals surface area contributed by atoms with Crippen LogP contribution in [-0.2, 0) is 4.74 Å². The first-order valence-corrected chi connectivity index (χ1v) is 7.09. The number of amides is 2. The number of hydrogen-bond acceptors (Lipinski definition) is 3. The standard InChI is InChI=1S/C15H19FN2O3/c1-2-21-15(20)17-11-6-5-9-18(10-11)14(19)12-7-3-4-8-13(12)16/h3-4,7-8,11H,2,5-6,9-10H2,1H3,(H,17,20)/t11-/m0/s1. The molecule has 1 aliphatic heterocycles. The van der Waals surface area contributed by atoms with E-state index in [4.69, 9.17) is 4.74 Å². The Morgan fingerprint density at radius 3 is 2.90 bits per heavy atom. The molecule has 1 heterocycles. The molecular weight excluding hydrogens is 275 g/mol. The van der Waals surface area contributed by atoms with E-state index in [9.17, 15) is 14.0 Å². The third kappa shape index (κ3) is 3.93. The fraction of sp³-hybridized carbons (Fsp3) is 0.467. The van der Waals surface area contributed by atoms with Crippen LogP contribution in [0.3, 0.4) is 0 Å². The van der Waals surface area contributed by atoms with E-state index in [1.54, 1.807) is 24.0 Å². The molecule has 0 aliphatic carbocycles. The van der Waals surface area contributed by atoms with Gasteiger partial charge in [-0.1, -0.05) is 12.1 Å². The largest absolute Gasteiger partial charge is 0.450 e. The first-order chi connectivity index (χ1) is 10.1. The molecule has 1 aromatic rings.